The van der Waals surface area contributed by atoms with Crippen LogP contribution in [0.5, 0.6) is 5.75 Å². The van der Waals surface area contributed by atoms with Crippen LogP contribution >= 0.6 is 15.9 Å². The monoisotopic (exact) mass is 511 g/mol. The van der Waals surface area contributed by atoms with Crippen LogP contribution < -0.4 is 10.2 Å². The normalized spacial score (nSPS) is 11.5. The molecule has 0 saturated carbocycles. The van der Waals surface area contributed by atoms with Gasteiger partial charge in [0.25, 0.3) is 5.69 Å². The highest BCUT2D eigenvalue weighted by molar-refractivity contribution is 9.10. The number of ether oxygens (including phenoxy) is 1. The minimum absolute atomic E-state index is 0.0256. The summed E-state index contributed by atoms with van der Waals surface area (Å²) in [6.07, 6.45) is -3.37. The summed E-state index contributed by atoms with van der Waals surface area (Å²) in [6.45, 7) is 0.0256. The summed E-state index contributed by atoms with van der Waals surface area (Å²) < 4.78 is 58.2. The van der Waals surface area contributed by atoms with Gasteiger partial charge in [-0.15, -0.1) is 0 Å². The Bertz CT molecular complexity index is 1170. The van der Waals surface area contributed by atoms with Gasteiger partial charge in [0.1, 0.15) is 23.9 Å². The summed E-state index contributed by atoms with van der Waals surface area (Å²) in [6, 6.07) is 13.2. The molecule has 0 unspecified atom stereocenters. The first-order valence-electron chi connectivity index (χ1n) is 8.95. The second-order valence-electron chi connectivity index (χ2n) is 6.43. The van der Waals surface area contributed by atoms with Gasteiger partial charge >= 0.3 is 6.18 Å². The number of alkyl halides is 3. The van der Waals surface area contributed by atoms with Crippen molar-refractivity contribution < 1.29 is 27.2 Å². The molecule has 32 heavy (non-hydrogen) atoms. The van der Waals surface area contributed by atoms with E-state index in [0.717, 1.165) is 12.1 Å². The summed E-state index contributed by atoms with van der Waals surface area (Å²) in [5.41, 5.74) is 1.27. The van der Waals surface area contributed by atoms with Gasteiger partial charge in [-0.3, -0.25) is 15.5 Å². The van der Waals surface area contributed by atoms with Crippen LogP contribution in [0.3, 0.4) is 0 Å². The molecule has 0 amide bonds. The van der Waals surface area contributed by atoms with Crippen LogP contribution in [0.1, 0.15) is 16.7 Å². The number of hydrazone groups is 1. The first kappa shape index (κ1) is 23.2. The van der Waals surface area contributed by atoms with E-state index in [4.69, 9.17) is 4.74 Å². The number of nitrogens with one attached hydrogen (secondary N) is 1. The Balaban J connectivity index is 1.69. The fourth-order valence-electron chi connectivity index (χ4n) is 2.62. The third-order valence-corrected chi connectivity index (χ3v) is 4.84. The lowest BCUT2D eigenvalue weighted by molar-refractivity contribution is -0.384. The number of halogens is 5. The molecule has 0 heterocycles. The highest BCUT2D eigenvalue weighted by Gasteiger charge is 2.33. The van der Waals surface area contributed by atoms with Gasteiger partial charge < -0.3 is 4.74 Å². The number of hydrogen-bond acceptors (Lipinski definition) is 5. The van der Waals surface area contributed by atoms with E-state index >= 15 is 0 Å². The van der Waals surface area contributed by atoms with Crippen molar-refractivity contribution in [2.24, 2.45) is 5.10 Å². The van der Waals surface area contributed by atoms with Crippen LogP contribution in [0.4, 0.5) is 28.9 Å². The van der Waals surface area contributed by atoms with E-state index in [0.29, 0.717) is 27.4 Å². The summed E-state index contributed by atoms with van der Waals surface area (Å²) in [5.74, 6) is 0.0764. The molecule has 3 aromatic rings. The highest BCUT2D eigenvalue weighted by atomic mass is 79.9. The van der Waals surface area contributed by atoms with Crippen LogP contribution in [0.2, 0.25) is 0 Å². The van der Waals surface area contributed by atoms with Crippen LogP contribution in [-0.4, -0.2) is 11.1 Å². The molecule has 0 fully saturated rings. The topological polar surface area (TPSA) is 76.8 Å². The van der Waals surface area contributed by atoms with E-state index in [1.165, 1.54) is 12.3 Å². The molecule has 0 aliphatic heterocycles. The third kappa shape index (κ3) is 5.82. The van der Waals surface area contributed by atoms with Gasteiger partial charge in [0.2, 0.25) is 0 Å². The predicted octanol–water partition coefficient (Wildman–Crippen LogP) is 6.54. The summed E-state index contributed by atoms with van der Waals surface area (Å²) in [7, 11) is 0. The maximum Gasteiger partial charge on any atom is 0.416 e. The molecule has 11 heteroatoms. The maximum atomic E-state index is 13.7. The van der Waals surface area contributed by atoms with Crippen molar-refractivity contribution in [3.8, 4) is 5.75 Å². The summed E-state index contributed by atoms with van der Waals surface area (Å²) >= 11 is 3.34. The zero-order valence-electron chi connectivity index (χ0n) is 16.1. The van der Waals surface area contributed by atoms with E-state index in [2.05, 4.69) is 26.5 Å². The molecule has 166 valence electrons. The quantitative estimate of drug-likeness (QED) is 0.169. The molecule has 1 N–H and O–H groups in total. The molecular weight excluding hydrogens is 498 g/mol. The molecule has 3 aromatic carbocycles. The lowest BCUT2D eigenvalue weighted by atomic mass is 10.1. The molecule has 0 saturated heterocycles. The van der Waals surface area contributed by atoms with E-state index in [-0.39, 0.29) is 18.1 Å². The average Bonchev–Trinajstić information content (AvgIpc) is 2.73. The van der Waals surface area contributed by atoms with Crippen molar-refractivity contribution >= 4 is 33.5 Å². The first-order valence-corrected chi connectivity index (χ1v) is 9.75. The molecule has 0 spiro atoms. The lowest BCUT2D eigenvalue weighted by Crippen LogP contribution is -2.06. The van der Waals surface area contributed by atoms with Crippen LogP contribution in [0.25, 0.3) is 0 Å². The fraction of sp³-hybridized carbons (Fsp3) is 0.0952. The minimum Gasteiger partial charge on any atom is -0.488 e. The molecule has 6 nitrogen and oxygen atoms in total. The largest absolute Gasteiger partial charge is 0.488 e. The molecule has 0 atom stereocenters. The van der Waals surface area contributed by atoms with Crippen molar-refractivity contribution in [1.82, 2.24) is 0 Å². The van der Waals surface area contributed by atoms with Crippen LogP contribution in [0, 0.1) is 15.9 Å². The first-order chi connectivity index (χ1) is 15.1. The Hall–Kier alpha value is -3.47. The van der Waals surface area contributed by atoms with E-state index < -0.39 is 22.4 Å². The number of nitro groups is 1. The Morgan fingerprint density at radius 2 is 1.88 bits per heavy atom. The van der Waals surface area contributed by atoms with Crippen molar-refractivity contribution in [1.29, 1.82) is 0 Å². The van der Waals surface area contributed by atoms with Crippen molar-refractivity contribution in [3.05, 3.63) is 97.8 Å². The minimum atomic E-state index is -4.70. The SMILES string of the molecule is O=[N+]([O-])c1cc(C(F)(F)F)ccc1N/N=C\c1ccc(OCc2ccccc2F)c(Br)c1. The van der Waals surface area contributed by atoms with Crippen molar-refractivity contribution in [3.63, 3.8) is 0 Å². The van der Waals surface area contributed by atoms with Crippen molar-refractivity contribution in [2.75, 3.05) is 5.43 Å². The number of hydrogen-bond donors (Lipinski definition) is 1. The average molecular weight is 512 g/mol. The number of rotatable bonds is 7. The zero-order valence-corrected chi connectivity index (χ0v) is 17.7. The fourth-order valence-corrected chi connectivity index (χ4v) is 3.13. The lowest BCUT2D eigenvalue weighted by Gasteiger charge is -2.10. The van der Waals surface area contributed by atoms with E-state index in [9.17, 15) is 27.7 Å². The number of nitrogens with zero attached hydrogens (tertiary/aromatic N) is 2. The van der Waals surface area contributed by atoms with Gasteiger partial charge in [-0.25, -0.2) is 4.39 Å². The van der Waals surface area contributed by atoms with E-state index in [1.807, 2.05) is 0 Å². The molecule has 0 aromatic heterocycles. The van der Waals surface area contributed by atoms with Gasteiger partial charge in [-0.2, -0.15) is 18.3 Å². The summed E-state index contributed by atoms with van der Waals surface area (Å²) in [4.78, 5) is 10.2. The van der Waals surface area contributed by atoms with Crippen LogP contribution in [-0.2, 0) is 12.8 Å². The van der Waals surface area contributed by atoms with Gasteiger partial charge in [0.05, 0.1) is 21.2 Å². The van der Waals surface area contributed by atoms with E-state index in [1.54, 1.807) is 36.4 Å². The second kappa shape index (κ2) is 9.77. The van der Waals surface area contributed by atoms with Crippen molar-refractivity contribution in [2.45, 2.75) is 12.8 Å². The Labute approximate surface area is 187 Å². The van der Waals surface area contributed by atoms with Gasteiger partial charge in [0, 0.05) is 11.6 Å². The predicted molar refractivity (Wildman–Crippen MR) is 114 cm³/mol. The zero-order chi connectivity index (χ0) is 23.3. The Kier molecular flexibility index (Phi) is 7.08. The molecule has 0 aliphatic rings. The molecule has 0 radical (unpaired) electrons. The van der Waals surface area contributed by atoms with Gasteiger partial charge in [0.15, 0.2) is 0 Å². The van der Waals surface area contributed by atoms with Gasteiger partial charge in [-0.1, -0.05) is 18.2 Å². The Morgan fingerprint density at radius 1 is 1.12 bits per heavy atom. The smallest absolute Gasteiger partial charge is 0.416 e. The van der Waals surface area contributed by atoms with Gasteiger partial charge in [-0.05, 0) is 57.9 Å². The Morgan fingerprint density at radius 3 is 2.53 bits per heavy atom. The molecule has 0 aliphatic carbocycles. The second-order valence-corrected chi connectivity index (χ2v) is 7.28. The highest BCUT2D eigenvalue weighted by Crippen LogP contribution is 2.35. The number of anilines is 1. The number of benzene rings is 3. The van der Waals surface area contributed by atoms with Crippen LogP contribution in [0.15, 0.2) is 70.2 Å². The molecule has 3 rings (SSSR count). The maximum absolute atomic E-state index is 13.7. The third-order valence-electron chi connectivity index (χ3n) is 4.22. The summed E-state index contributed by atoms with van der Waals surface area (Å²) in [5, 5.41) is 15.0. The molecule has 0 bridgehead atoms. The number of nitro benzene ring substituents is 1. The molecular formula is C21H14BrF4N3O3. The standard InChI is InChI=1S/C21H14BrF4N3O3/c22-16-9-13(5-8-20(16)32-12-14-3-1-2-4-17(14)23)11-27-28-18-7-6-15(21(24,25)26)10-19(18)29(30)31/h1-11,28H,12H2/b27-11-.